The summed E-state index contributed by atoms with van der Waals surface area (Å²) < 4.78 is 1.49. The Labute approximate surface area is 128 Å². The summed E-state index contributed by atoms with van der Waals surface area (Å²) >= 11 is 0. The SMILES string of the molecule is Cc1[nH]n(-c2ccccc2)c(=O)c1C(=N)Cc1ccccc1. The molecule has 0 spiro atoms. The molecule has 0 unspecified atom stereocenters. The van der Waals surface area contributed by atoms with Crippen molar-refractivity contribution in [1.82, 2.24) is 9.78 Å². The summed E-state index contributed by atoms with van der Waals surface area (Å²) in [6.45, 7) is 1.83. The van der Waals surface area contributed by atoms with Gasteiger partial charge in [0.1, 0.15) is 0 Å². The highest BCUT2D eigenvalue weighted by molar-refractivity contribution is 6.00. The van der Waals surface area contributed by atoms with Gasteiger partial charge in [0.2, 0.25) is 0 Å². The summed E-state index contributed by atoms with van der Waals surface area (Å²) in [5, 5.41) is 11.4. The van der Waals surface area contributed by atoms with Crippen molar-refractivity contribution < 1.29 is 0 Å². The highest BCUT2D eigenvalue weighted by Crippen LogP contribution is 2.10. The molecule has 2 aromatic carbocycles. The van der Waals surface area contributed by atoms with Crippen molar-refractivity contribution in [3.05, 3.63) is 87.8 Å². The quantitative estimate of drug-likeness (QED) is 0.713. The molecular formula is C18H17N3O. The summed E-state index contributed by atoms with van der Waals surface area (Å²) in [7, 11) is 0. The molecule has 3 rings (SSSR count). The Hall–Kier alpha value is -2.88. The predicted octanol–water partition coefficient (Wildman–Crippen LogP) is 3.08. The smallest absolute Gasteiger partial charge is 0.280 e. The van der Waals surface area contributed by atoms with Crippen molar-refractivity contribution in [3.8, 4) is 5.69 Å². The van der Waals surface area contributed by atoms with Crippen LogP contribution in [0.1, 0.15) is 16.8 Å². The normalized spacial score (nSPS) is 10.6. The second kappa shape index (κ2) is 5.85. The van der Waals surface area contributed by atoms with Gasteiger partial charge in [-0.25, -0.2) is 4.68 Å². The molecule has 0 radical (unpaired) electrons. The van der Waals surface area contributed by atoms with Gasteiger partial charge in [0.15, 0.2) is 0 Å². The number of hydrogen-bond donors (Lipinski definition) is 2. The van der Waals surface area contributed by atoms with Crippen molar-refractivity contribution in [2.45, 2.75) is 13.3 Å². The van der Waals surface area contributed by atoms with E-state index in [1.54, 1.807) is 0 Å². The van der Waals surface area contributed by atoms with Crippen LogP contribution in [0.4, 0.5) is 0 Å². The molecule has 0 bridgehead atoms. The van der Waals surface area contributed by atoms with Gasteiger partial charge in [-0.3, -0.25) is 9.89 Å². The fraction of sp³-hybridized carbons (Fsp3) is 0.111. The lowest BCUT2D eigenvalue weighted by atomic mass is 10.0. The van der Waals surface area contributed by atoms with Crippen molar-refractivity contribution in [2.75, 3.05) is 0 Å². The Morgan fingerprint density at radius 1 is 1.05 bits per heavy atom. The van der Waals surface area contributed by atoms with E-state index in [-0.39, 0.29) is 5.56 Å². The maximum atomic E-state index is 12.6. The van der Waals surface area contributed by atoms with Crippen LogP contribution in [0.2, 0.25) is 0 Å². The molecule has 0 aliphatic carbocycles. The molecule has 110 valence electrons. The number of para-hydroxylation sites is 1. The van der Waals surface area contributed by atoms with E-state index in [0.29, 0.717) is 17.7 Å². The van der Waals surface area contributed by atoms with E-state index in [9.17, 15) is 4.79 Å². The lowest BCUT2D eigenvalue weighted by Gasteiger charge is -2.02. The molecule has 2 N–H and O–H groups in total. The van der Waals surface area contributed by atoms with Gasteiger partial charge >= 0.3 is 0 Å². The molecule has 3 aromatic rings. The number of benzene rings is 2. The second-order valence-electron chi connectivity index (χ2n) is 5.23. The zero-order valence-corrected chi connectivity index (χ0v) is 12.3. The molecule has 1 aromatic heterocycles. The number of nitrogens with one attached hydrogen (secondary N) is 2. The number of aromatic nitrogens is 2. The first-order chi connectivity index (χ1) is 10.7. The maximum absolute atomic E-state index is 12.6. The molecule has 22 heavy (non-hydrogen) atoms. The van der Waals surface area contributed by atoms with Gasteiger partial charge in [-0.15, -0.1) is 0 Å². The minimum atomic E-state index is -0.176. The molecule has 1 heterocycles. The molecule has 0 amide bonds. The lowest BCUT2D eigenvalue weighted by Crippen LogP contribution is -2.21. The fourth-order valence-corrected chi connectivity index (χ4v) is 2.55. The average molecular weight is 291 g/mol. The van der Waals surface area contributed by atoms with Crippen molar-refractivity contribution in [2.24, 2.45) is 0 Å². The van der Waals surface area contributed by atoms with E-state index >= 15 is 0 Å². The van der Waals surface area contributed by atoms with Crippen LogP contribution >= 0.6 is 0 Å². The number of aryl methyl sites for hydroxylation is 1. The van der Waals surface area contributed by atoms with Crippen LogP contribution in [-0.4, -0.2) is 15.5 Å². The summed E-state index contributed by atoms with van der Waals surface area (Å²) in [5.74, 6) is 0. The van der Waals surface area contributed by atoms with Crippen molar-refractivity contribution >= 4 is 5.71 Å². The van der Waals surface area contributed by atoms with Crippen molar-refractivity contribution in [1.29, 1.82) is 5.41 Å². The monoisotopic (exact) mass is 291 g/mol. The molecule has 0 aliphatic heterocycles. The Bertz CT molecular complexity index is 845. The maximum Gasteiger partial charge on any atom is 0.280 e. The summed E-state index contributed by atoms with van der Waals surface area (Å²) in [6, 6.07) is 19.1. The third-order valence-corrected chi connectivity index (χ3v) is 3.61. The van der Waals surface area contributed by atoms with Crippen LogP contribution in [0.15, 0.2) is 65.5 Å². The van der Waals surface area contributed by atoms with Crippen LogP contribution in [0.3, 0.4) is 0 Å². The molecule has 4 heteroatoms. The predicted molar refractivity (Wildman–Crippen MR) is 88.1 cm³/mol. The number of hydrogen-bond acceptors (Lipinski definition) is 2. The molecule has 4 nitrogen and oxygen atoms in total. The number of aromatic amines is 1. The zero-order valence-electron chi connectivity index (χ0n) is 12.3. The van der Waals surface area contributed by atoms with Gasteiger partial charge in [0.25, 0.3) is 5.56 Å². The molecular weight excluding hydrogens is 274 g/mol. The van der Waals surface area contributed by atoms with Crippen LogP contribution in [0.25, 0.3) is 5.69 Å². The minimum Gasteiger partial charge on any atom is -0.304 e. The van der Waals surface area contributed by atoms with Crippen LogP contribution in [0, 0.1) is 12.3 Å². The Morgan fingerprint density at radius 2 is 1.64 bits per heavy atom. The first kappa shape index (κ1) is 14.1. The van der Waals surface area contributed by atoms with Crippen LogP contribution in [0.5, 0.6) is 0 Å². The molecule has 0 aliphatic rings. The van der Waals surface area contributed by atoms with E-state index in [4.69, 9.17) is 5.41 Å². The summed E-state index contributed by atoms with van der Waals surface area (Å²) in [6.07, 6.45) is 0.448. The summed E-state index contributed by atoms with van der Waals surface area (Å²) in [5.41, 5.74) is 3.12. The number of H-pyrrole nitrogens is 1. The molecule has 0 saturated carbocycles. The summed E-state index contributed by atoms with van der Waals surface area (Å²) in [4.78, 5) is 12.6. The van der Waals surface area contributed by atoms with Gasteiger partial charge in [-0.2, -0.15) is 0 Å². The minimum absolute atomic E-state index is 0.176. The Kier molecular flexibility index (Phi) is 3.74. The van der Waals surface area contributed by atoms with Gasteiger partial charge in [-0.1, -0.05) is 48.5 Å². The van der Waals surface area contributed by atoms with Gasteiger partial charge < -0.3 is 5.41 Å². The topological polar surface area (TPSA) is 61.6 Å². The number of rotatable bonds is 4. The lowest BCUT2D eigenvalue weighted by molar-refractivity contribution is 0.835. The highest BCUT2D eigenvalue weighted by atomic mass is 16.1. The van der Waals surface area contributed by atoms with Crippen molar-refractivity contribution in [3.63, 3.8) is 0 Å². The fourth-order valence-electron chi connectivity index (χ4n) is 2.55. The Balaban J connectivity index is 1.97. The zero-order chi connectivity index (χ0) is 15.5. The molecule has 0 atom stereocenters. The van der Waals surface area contributed by atoms with E-state index in [0.717, 1.165) is 16.9 Å². The highest BCUT2D eigenvalue weighted by Gasteiger charge is 2.16. The van der Waals surface area contributed by atoms with E-state index in [1.807, 2.05) is 67.6 Å². The van der Waals surface area contributed by atoms with Gasteiger partial charge in [0, 0.05) is 12.1 Å². The standard InChI is InChI=1S/C18H17N3O/c1-13-17(16(19)12-14-8-4-2-5-9-14)18(22)21(20-13)15-10-6-3-7-11-15/h2-11,19-20H,12H2,1H3. The van der Waals surface area contributed by atoms with Gasteiger partial charge in [-0.05, 0) is 24.6 Å². The van der Waals surface area contributed by atoms with E-state index in [1.165, 1.54) is 4.68 Å². The third-order valence-electron chi connectivity index (χ3n) is 3.61. The van der Waals surface area contributed by atoms with Gasteiger partial charge in [0.05, 0.1) is 17.0 Å². The van der Waals surface area contributed by atoms with E-state index in [2.05, 4.69) is 5.10 Å². The molecule has 0 fully saturated rings. The largest absolute Gasteiger partial charge is 0.304 e. The average Bonchev–Trinajstić information content (AvgIpc) is 2.84. The first-order valence-electron chi connectivity index (χ1n) is 7.15. The van der Waals surface area contributed by atoms with Crippen LogP contribution in [-0.2, 0) is 6.42 Å². The second-order valence-corrected chi connectivity index (χ2v) is 5.23. The number of nitrogens with zero attached hydrogens (tertiary/aromatic N) is 1. The molecule has 0 saturated heterocycles. The first-order valence-corrected chi connectivity index (χ1v) is 7.15. The van der Waals surface area contributed by atoms with Crippen LogP contribution < -0.4 is 5.56 Å². The Morgan fingerprint density at radius 3 is 2.27 bits per heavy atom. The third kappa shape index (κ3) is 2.63. The van der Waals surface area contributed by atoms with E-state index < -0.39 is 0 Å².